The van der Waals surface area contributed by atoms with E-state index in [1.807, 2.05) is 24.3 Å². The fourth-order valence-electron chi connectivity index (χ4n) is 1.95. The van der Waals surface area contributed by atoms with E-state index in [-0.39, 0.29) is 5.91 Å². The zero-order valence-electron chi connectivity index (χ0n) is 12.9. The minimum atomic E-state index is -3.32. The van der Waals surface area contributed by atoms with E-state index < -0.39 is 10.0 Å². The summed E-state index contributed by atoms with van der Waals surface area (Å²) in [6.07, 6.45) is 1.08. The van der Waals surface area contributed by atoms with E-state index in [4.69, 9.17) is 0 Å². The number of hydrogen-bond acceptors (Lipinski definition) is 4. The highest BCUT2D eigenvalue weighted by Crippen LogP contribution is 2.27. The fraction of sp³-hybridized carbons (Fsp3) is 0.188. The van der Waals surface area contributed by atoms with Gasteiger partial charge >= 0.3 is 0 Å². The van der Waals surface area contributed by atoms with Gasteiger partial charge in [0.15, 0.2) is 0 Å². The maximum atomic E-state index is 12.3. The first kappa shape index (κ1) is 17.4. The van der Waals surface area contributed by atoms with Crippen molar-refractivity contribution in [1.29, 1.82) is 0 Å². The van der Waals surface area contributed by atoms with Crippen LogP contribution in [-0.2, 0) is 10.0 Å². The number of carbonyl (C=O) groups is 1. The van der Waals surface area contributed by atoms with E-state index in [2.05, 4.69) is 17.0 Å². The van der Waals surface area contributed by atoms with Gasteiger partial charge in [0, 0.05) is 16.1 Å². The second-order valence-corrected chi connectivity index (χ2v) is 7.89. The van der Waals surface area contributed by atoms with E-state index in [0.29, 0.717) is 11.3 Å². The number of carbonyl (C=O) groups excluding carboxylic acids is 1. The summed E-state index contributed by atoms with van der Waals surface area (Å²) >= 11 is 1.66. The van der Waals surface area contributed by atoms with E-state index >= 15 is 0 Å². The number of para-hydroxylation sites is 1. The molecule has 2 aromatic carbocycles. The predicted molar refractivity (Wildman–Crippen MR) is 95.7 cm³/mol. The van der Waals surface area contributed by atoms with Crippen LogP contribution in [0.5, 0.6) is 0 Å². The summed E-state index contributed by atoms with van der Waals surface area (Å²) < 4.78 is 24.7. The van der Waals surface area contributed by atoms with Crippen LogP contribution in [0.1, 0.15) is 17.3 Å². The van der Waals surface area contributed by atoms with Crippen molar-refractivity contribution in [3.63, 3.8) is 0 Å². The van der Waals surface area contributed by atoms with Crippen molar-refractivity contribution in [3.05, 3.63) is 54.1 Å². The van der Waals surface area contributed by atoms with Gasteiger partial charge in [0.1, 0.15) is 0 Å². The van der Waals surface area contributed by atoms with Crippen molar-refractivity contribution in [2.24, 2.45) is 0 Å². The number of thioether (sulfide) groups is 1. The maximum Gasteiger partial charge on any atom is 0.255 e. The van der Waals surface area contributed by atoms with Gasteiger partial charge in [-0.05, 0) is 42.2 Å². The minimum absolute atomic E-state index is 0.236. The van der Waals surface area contributed by atoms with Crippen LogP contribution in [0, 0.1) is 0 Å². The monoisotopic (exact) mass is 350 g/mol. The Balaban J connectivity index is 2.12. The first-order chi connectivity index (χ1) is 10.9. The summed E-state index contributed by atoms with van der Waals surface area (Å²) in [5, 5.41) is 2.88. The van der Waals surface area contributed by atoms with Crippen LogP contribution in [0.15, 0.2) is 53.4 Å². The second-order valence-electron chi connectivity index (χ2n) is 4.83. The van der Waals surface area contributed by atoms with Gasteiger partial charge in [0.2, 0.25) is 10.0 Å². The van der Waals surface area contributed by atoms with Crippen LogP contribution < -0.4 is 10.0 Å². The number of rotatable bonds is 6. The molecule has 0 unspecified atom stereocenters. The first-order valence-electron chi connectivity index (χ1n) is 7.00. The third kappa shape index (κ3) is 5.30. The smallest absolute Gasteiger partial charge is 0.255 e. The number of hydrogen-bond donors (Lipinski definition) is 2. The molecule has 0 fully saturated rings. The number of benzene rings is 2. The molecule has 2 N–H and O–H groups in total. The topological polar surface area (TPSA) is 75.3 Å². The lowest BCUT2D eigenvalue weighted by molar-refractivity contribution is 0.102. The fourth-order valence-corrected chi connectivity index (χ4v) is 3.27. The van der Waals surface area contributed by atoms with Crippen molar-refractivity contribution in [2.45, 2.75) is 11.8 Å². The highest BCUT2D eigenvalue weighted by Gasteiger charge is 2.09. The van der Waals surface area contributed by atoms with Gasteiger partial charge < -0.3 is 5.32 Å². The molecule has 0 aliphatic carbocycles. The largest absolute Gasteiger partial charge is 0.321 e. The molecule has 0 bridgehead atoms. The second kappa shape index (κ2) is 7.52. The lowest BCUT2D eigenvalue weighted by Gasteiger charge is -2.10. The van der Waals surface area contributed by atoms with Gasteiger partial charge in [0.05, 0.1) is 11.9 Å². The number of amides is 1. The summed E-state index contributed by atoms with van der Waals surface area (Å²) in [5.41, 5.74) is 1.65. The van der Waals surface area contributed by atoms with Gasteiger partial charge in [-0.2, -0.15) is 0 Å². The molecule has 23 heavy (non-hydrogen) atoms. The third-order valence-corrected chi connectivity index (χ3v) is 4.45. The van der Waals surface area contributed by atoms with E-state index in [1.165, 1.54) is 0 Å². The van der Waals surface area contributed by atoms with Crippen molar-refractivity contribution < 1.29 is 13.2 Å². The van der Waals surface area contributed by atoms with E-state index in [0.717, 1.165) is 22.6 Å². The van der Waals surface area contributed by atoms with Gasteiger partial charge in [-0.15, -0.1) is 11.8 Å². The Labute approximate surface area is 140 Å². The van der Waals surface area contributed by atoms with Crippen LogP contribution in [0.25, 0.3) is 0 Å². The summed E-state index contributed by atoms with van der Waals surface area (Å²) in [4.78, 5) is 13.3. The Morgan fingerprint density at radius 3 is 2.35 bits per heavy atom. The van der Waals surface area contributed by atoms with Gasteiger partial charge in [-0.1, -0.05) is 19.1 Å². The van der Waals surface area contributed by atoms with Crippen molar-refractivity contribution >= 4 is 39.1 Å². The molecular weight excluding hydrogens is 332 g/mol. The molecule has 122 valence electrons. The first-order valence-corrected chi connectivity index (χ1v) is 9.88. The maximum absolute atomic E-state index is 12.3. The number of sulfonamides is 1. The van der Waals surface area contributed by atoms with Crippen LogP contribution in [0.3, 0.4) is 0 Å². The van der Waals surface area contributed by atoms with Crippen molar-refractivity contribution in [3.8, 4) is 0 Å². The number of anilines is 2. The highest BCUT2D eigenvalue weighted by atomic mass is 32.2. The van der Waals surface area contributed by atoms with Crippen LogP contribution in [-0.4, -0.2) is 26.3 Å². The zero-order chi connectivity index (χ0) is 16.9. The Morgan fingerprint density at radius 1 is 1.09 bits per heavy atom. The summed E-state index contributed by atoms with van der Waals surface area (Å²) in [7, 11) is -3.32. The molecule has 0 saturated carbocycles. The molecular formula is C16H18N2O3S2. The number of nitrogens with one attached hydrogen (secondary N) is 2. The molecule has 0 atom stereocenters. The molecule has 1 amide bonds. The SMILES string of the molecule is CCSc1ccccc1NC(=O)c1ccc(NS(C)(=O)=O)cc1. The molecule has 0 spiro atoms. The van der Waals surface area contributed by atoms with Crippen molar-refractivity contribution in [1.82, 2.24) is 0 Å². The average molecular weight is 350 g/mol. The van der Waals surface area contributed by atoms with Gasteiger partial charge in [0.25, 0.3) is 5.91 Å². The lowest BCUT2D eigenvalue weighted by atomic mass is 10.2. The summed E-state index contributed by atoms with van der Waals surface area (Å²) in [6, 6.07) is 13.9. The Kier molecular flexibility index (Phi) is 5.68. The summed E-state index contributed by atoms with van der Waals surface area (Å²) in [6.45, 7) is 2.05. The molecule has 0 saturated heterocycles. The van der Waals surface area contributed by atoms with Crippen molar-refractivity contribution in [2.75, 3.05) is 22.0 Å². The molecule has 5 nitrogen and oxygen atoms in total. The Hall–Kier alpha value is -1.99. The van der Waals surface area contributed by atoms with Crippen LogP contribution in [0.4, 0.5) is 11.4 Å². The standard InChI is InChI=1S/C16H18N2O3S2/c1-3-22-15-7-5-4-6-14(15)17-16(19)12-8-10-13(11-9-12)18-23(2,20)21/h4-11,18H,3H2,1-2H3,(H,17,19). The van der Waals surface area contributed by atoms with E-state index in [1.54, 1.807) is 36.0 Å². The van der Waals surface area contributed by atoms with E-state index in [9.17, 15) is 13.2 Å². The molecule has 0 radical (unpaired) electrons. The normalized spacial score (nSPS) is 11.0. The summed E-state index contributed by atoms with van der Waals surface area (Å²) in [5.74, 6) is 0.679. The molecule has 2 aromatic rings. The van der Waals surface area contributed by atoms with Crippen LogP contribution >= 0.6 is 11.8 Å². The zero-order valence-corrected chi connectivity index (χ0v) is 14.5. The quantitative estimate of drug-likeness (QED) is 0.783. The third-order valence-electron chi connectivity index (χ3n) is 2.89. The molecule has 7 heteroatoms. The predicted octanol–water partition coefficient (Wildman–Crippen LogP) is 3.42. The van der Waals surface area contributed by atoms with Crippen LogP contribution in [0.2, 0.25) is 0 Å². The van der Waals surface area contributed by atoms with Gasteiger partial charge in [-0.25, -0.2) is 8.42 Å². The molecule has 0 aliphatic rings. The molecule has 0 heterocycles. The molecule has 0 aliphatic heterocycles. The average Bonchev–Trinajstić information content (AvgIpc) is 2.48. The lowest BCUT2D eigenvalue weighted by Crippen LogP contribution is -2.13. The molecule has 0 aromatic heterocycles. The minimum Gasteiger partial charge on any atom is -0.321 e. The highest BCUT2D eigenvalue weighted by molar-refractivity contribution is 7.99. The molecule has 2 rings (SSSR count). The Morgan fingerprint density at radius 2 is 1.74 bits per heavy atom. The van der Waals surface area contributed by atoms with Gasteiger partial charge in [-0.3, -0.25) is 9.52 Å². The Bertz CT molecular complexity index is 787.